The largest absolute Gasteiger partial charge is 0.489 e. The van der Waals surface area contributed by atoms with Gasteiger partial charge in [-0.05, 0) is 72.4 Å². The molecule has 4 rings (SSSR count). The van der Waals surface area contributed by atoms with E-state index in [2.05, 4.69) is 5.32 Å². The van der Waals surface area contributed by atoms with Crippen LogP contribution in [0.25, 0.3) is 6.08 Å². The van der Waals surface area contributed by atoms with E-state index in [-0.39, 0.29) is 27.9 Å². The van der Waals surface area contributed by atoms with Crippen LogP contribution in [-0.2, 0) is 16.2 Å². The van der Waals surface area contributed by atoms with Crippen LogP contribution in [0.2, 0.25) is 10.0 Å². The third-order valence-electron chi connectivity index (χ3n) is 4.82. The van der Waals surface area contributed by atoms with Crippen molar-refractivity contribution in [3.63, 3.8) is 0 Å². The molecule has 0 unspecified atom stereocenters. The highest BCUT2D eigenvalue weighted by Gasteiger charge is 2.34. The third-order valence-corrected chi connectivity index (χ3v) is 5.71. The predicted molar refractivity (Wildman–Crippen MR) is 130 cm³/mol. The number of carbonyl (C=O) groups is 2. The molecule has 3 aromatic rings. The minimum Gasteiger partial charge on any atom is -0.489 e. The molecular weight excluding hydrogens is 486 g/mol. The zero-order valence-electron chi connectivity index (χ0n) is 16.8. The van der Waals surface area contributed by atoms with Gasteiger partial charge in [0.2, 0.25) is 0 Å². The summed E-state index contributed by atoms with van der Waals surface area (Å²) in [5.41, 5.74) is 1.25. The van der Waals surface area contributed by atoms with Crippen LogP contribution in [0, 0.1) is 5.82 Å². The summed E-state index contributed by atoms with van der Waals surface area (Å²) in [6.45, 7) is -0.0413. The molecule has 1 fully saturated rings. The van der Waals surface area contributed by atoms with E-state index in [1.807, 2.05) is 0 Å². The Labute approximate surface area is 204 Å². The van der Waals surface area contributed by atoms with Crippen LogP contribution in [0.5, 0.6) is 5.75 Å². The van der Waals surface area contributed by atoms with Crippen LogP contribution in [0.15, 0.2) is 72.3 Å². The van der Waals surface area contributed by atoms with Crippen LogP contribution in [-0.4, -0.2) is 16.9 Å². The number of hydrogen-bond acceptors (Lipinski definition) is 4. The fourth-order valence-corrected chi connectivity index (χ4v) is 3.76. The molecule has 9 heteroatoms. The summed E-state index contributed by atoms with van der Waals surface area (Å²) in [5.74, 6) is -1.13. The molecule has 0 aromatic heterocycles. The zero-order valence-corrected chi connectivity index (χ0v) is 19.2. The number of halogens is 3. The number of ether oxygens (including phenoxy) is 1. The number of nitrogens with one attached hydrogen (secondary N) is 1. The van der Waals surface area contributed by atoms with Gasteiger partial charge >= 0.3 is 0 Å². The molecule has 1 aliphatic rings. The van der Waals surface area contributed by atoms with Crippen molar-refractivity contribution in [2.24, 2.45) is 0 Å². The zero-order chi connectivity index (χ0) is 23.5. The maximum absolute atomic E-state index is 13.9. The Balaban J connectivity index is 1.52. The summed E-state index contributed by atoms with van der Waals surface area (Å²) in [7, 11) is 0. The van der Waals surface area contributed by atoms with Crippen molar-refractivity contribution < 1.29 is 18.7 Å². The van der Waals surface area contributed by atoms with Crippen molar-refractivity contribution in [1.29, 1.82) is 0 Å². The molecule has 1 aliphatic heterocycles. The number of nitrogens with zero attached hydrogens (tertiary/aromatic N) is 1. The second kappa shape index (κ2) is 9.70. The van der Waals surface area contributed by atoms with Gasteiger partial charge in [0, 0.05) is 10.6 Å². The van der Waals surface area contributed by atoms with Gasteiger partial charge < -0.3 is 4.74 Å². The molecule has 1 N–H and O–H groups in total. The molecule has 1 saturated heterocycles. The summed E-state index contributed by atoms with van der Waals surface area (Å²) in [4.78, 5) is 26.7. The first-order valence-electron chi connectivity index (χ1n) is 9.66. The first kappa shape index (κ1) is 22.9. The molecule has 166 valence electrons. The van der Waals surface area contributed by atoms with Crippen molar-refractivity contribution in [3.8, 4) is 5.75 Å². The average molecular weight is 501 g/mol. The molecule has 2 amide bonds. The van der Waals surface area contributed by atoms with Gasteiger partial charge in [-0.25, -0.2) is 4.39 Å². The summed E-state index contributed by atoms with van der Waals surface area (Å²) in [6, 6.07) is 17.6. The Kier molecular flexibility index (Phi) is 6.74. The summed E-state index contributed by atoms with van der Waals surface area (Å²) < 4.78 is 19.5. The highest BCUT2D eigenvalue weighted by molar-refractivity contribution is 7.80. The molecule has 0 spiro atoms. The minimum atomic E-state index is -0.593. The molecule has 33 heavy (non-hydrogen) atoms. The van der Waals surface area contributed by atoms with Crippen LogP contribution in [0.4, 0.5) is 10.1 Å². The van der Waals surface area contributed by atoms with Crippen LogP contribution in [0.1, 0.15) is 11.1 Å². The van der Waals surface area contributed by atoms with E-state index >= 15 is 0 Å². The van der Waals surface area contributed by atoms with Crippen molar-refractivity contribution >= 4 is 64.1 Å². The van der Waals surface area contributed by atoms with E-state index in [9.17, 15) is 14.0 Å². The quantitative estimate of drug-likeness (QED) is 0.283. The summed E-state index contributed by atoms with van der Waals surface area (Å²) in [5, 5.41) is 3.30. The third kappa shape index (κ3) is 5.06. The highest BCUT2D eigenvalue weighted by Crippen LogP contribution is 2.25. The molecule has 0 saturated carbocycles. The number of rotatable bonds is 5. The van der Waals surface area contributed by atoms with Gasteiger partial charge in [-0.1, -0.05) is 41.4 Å². The maximum atomic E-state index is 13.9. The standard InChI is InChI=1S/C24H15Cl2FN2O3S/c25-15-6-8-16(9-7-15)29-23(31)18(22(30)28-24(29)33)12-14-4-10-17(11-5-14)32-13-19-20(26)2-1-3-21(19)27/h1-12H,13H2,(H,28,30,33)/b18-12+. The van der Waals surface area contributed by atoms with E-state index in [1.165, 1.54) is 23.1 Å². The lowest BCUT2D eigenvalue weighted by atomic mass is 10.1. The first-order chi connectivity index (χ1) is 15.8. The Hall–Kier alpha value is -3.26. The second-order valence-corrected chi connectivity index (χ2v) is 8.22. The number of thiocarbonyl (C=S) groups is 1. The summed E-state index contributed by atoms with van der Waals surface area (Å²) in [6.07, 6.45) is 1.46. The number of anilines is 1. The molecule has 1 heterocycles. The highest BCUT2D eigenvalue weighted by atomic mass is 35.5. The van der Waals surface area contributed by atoms with Crippen molar-refractivity contribution in [3.05, 3.63) is 99.3 Å². The van der Waals surface area contributed by atoms with E-state index in [0.717, 1.165) is 0 Å². The number of amides is 2. The molecule has 0 radical (unpaired) electrons. The van der Waals surface area contributed by atoms with Gasteiger partial charge in [0.15, 0.2) is 5.11 Å². The van der Waals surface area contributed by atoms with Crippen molar-refractivity contribution in [2.45, 2.75) is 6.61 Å². The molecular formula is C24H15Cl2FN2O3S. The van der Waals surface area contributed by atoms with E-state index in [1.54, 1.807) is 54.6 Å². The van der Waals surface area contributed by atoms with Crippen molar-refractivity contribution in [2.75, 3.05) is 4.90 Å². The lowest BCUT2D eigenvalue weighted by Crippen LogP contribution is -2.54. The van der Waals surface area contributed by atoms with Gasteiger partial charge in [-0.3, -0.25) is 19.8 Å². The number of benzene rings is 3. The van der Waals surface area contributed by atoms with Gasteiger partial charge in [-0.2, -0.15) is 0 Å². The lowest BCUT2D eigenvalue weighted by Gasteiger charge is -2.28. The Morgan fingerprint density at radius 1 is 1.00 bits per heavy atom. The fourth-order valence-electron chi connectivity index (χ4n) is 3.13. The summed E-state index contributed by atoms with van der Waals surface area (Å²) >= 11 is 17.1. The van der Waals surface area contributed by atoms with Crippen LogP contribution in [0.3, 0.4) is 0 Å². The van der Waals surface area contributed by atoms with E-state index in [4.69, 9.17) is 40.2 Å². The van der Waals surface area contributed by atoms with Gasteiger partial charge in [0.25, 0.3) is 11.8 Å². The predicted octanol–water partition coefficient (Wildman–Crippen LogP) is 5.54. The topological polar surface area (TPSA) is 58.6 Å². The molecule has 0 aliphatic carbocycles. The van der Waals surface area contributed by atoms with Crippen molar-refractivity contribution in [1.82, 2.24) is 5.32 Å². The monoisotopic (exact) mass is 500 g/mol. The Bertz CT molecular complexity index is 1260. The van der Waals surface area contributed by atoms with E-state index in [0.29, 0.717) is 22.0 Å². The maximum Gasteiger partial charge on any atom is 0.270 e. The fraction of sp³-hybridized carbons (Fsp3) is 0.0417. The van der Waals surface area contributed by atoms with Crippen LogP contribution >= 0.6 is 35.4 Å². The number of hydrogen-bond donors (Lipinski definition) is 1. The number of carbonyl (C=O) groups excluding carboxylic acids is 2. The Morgan fingerprint density at radius 2 is 1.70 bits per heavy atom. The smallest absolute Gasteiger partial charge is 0.270 e. The normalized spacial score (nSPS) is 15.1. The van der Waals surface area contributed by atoms with Gasteiger partial charge in [0.05, 0.1) is 10.7 Å². The van der Waals surface area contributed by atoms with Crippen LogP contribution < -0.4 is 15.0 Å². The van der Waals surface area contributed by atoms with E-state index < -0.39 is 17.6 Å². The molecule has 3 aromatic carbocycles. The first-order valence-corrected chi connectivity index (χ1v) is 10.8. The molecule has 0 atom stereocenters. The minimum absolute atomic E-state index is 0.0139. The second-order valence-electron chi connectivity index (χ2n) is 6.99. The molecule has 0 bridgehead atoms. The van der Waals surface area contributed by atoms with Gasteiger partial charge in [0.1, 0.15) is 23.7 Å². The lowest BCUT2D eigenvalue weighted by molar-refractivity contribution is -0.122. The SMILES string of the molecule is O=C1NC(=S)N(c2ccc(Cl)cc2)C(=O)/C1=C/c1ccc(OCc2c(F)cccc2Cl)cc1. The molecule has 5 nitrogen and oxygen atoms in total. The average Bonchev–Trinajstić information content (AvgIpc) is 2.78. The Morgan fingerprint density at radius 3 is 2.36 bits per heavy atom. The van der Waals surface area contributed by atoms with Gasteiger partial charge in [-0.15, -0.1) is 0 Å².